The molecule has 0 aromatic carbocycles. The third kappa shape index (κ3) is 3.88. The van der Waals surface area contributed by atoms with Crippen LogP contribution in [0.15, 0.2) is 9.95 Å². The number of carbonyl (C=O) groups is 1. The molecule has 7 heteroatoms. The number of rotatable bonds is 6. The van der Waals surface area contributed by atoms with E-state index < -0.39 is 0 Å². The van der Waals surface area contributed by atoms with Crippen molar-refractivity contribution < 1.29 is 4.79 Å². The van der Waals surface area contributed by atoms with Crippen LogP contribution in [0, 0.1) is 0 Å². The van der Waals surface area contributed by atoms with Crippen molar-refractivity contribution in [1.82, 2.24) is 14.9 Å². The van der Waals surface area contributed by atoms with Gasteiger partial charge in [0.15, 0.2) is 5.16 Å². The second kappa shape index (κ2) is 8.57. The molecule has 0 saturated heterocycles. The summed E-state index contributed by atoms with van der Waals surface area (Å²) in [6, 6.07) is 0.397. The first kappa shape index (κ1) is 20.0. The quantitative estimate of drug-likeness (QED) is 0.555. The molecule has 0 bridgehead atoms. The third-order valence-electron chi connectivity index (χ3n) is 6.03. The van der Waals surface area contributed by atoms with Crippen LogP contribution in [0.1, 0.15) is 75.3 Å². The van der Waals surface area contributed by atoms with E-state index in [9.17, 15) is 9.59 Å². The minimum absolute atomic E-state index is 0.0112. The molecule has 2 aliphatic rings. The van der Waals surface area contributed by atoms with E-state index in [4.69, 9.17) is 4.98 Å². The molecule has 0 radical (unpaired) electrons. The number of thioether (sulfide) groups is 1. The Labute approximate surface area is 174 Å². The smallest absolute Gasteiger partial charge is 0.263 e. The number of amides is 1. The van der Waals surface area contributed by atoms with E-state index in [0.29, 0.717) is 5.75 Å². The Bertz CT molecular complexity index is 928. The maximum atomic E-state index is 13.6. The van der Waals surface area contributed by atoms with Crippen molar-refractivity contribution in [3.8, 4) is 0 Å². The summed E-state index contributed by atoms with van der Waals surface area (Å²) in [4.78, 5) is 33.0. The van der Waals surface area contributed by atoms with Gasteiger partial charge in [-0.15, -0.1) is 11.3 Å². The molecule has 1 unspecified atom stereocenters. The first-order valence-electron chi connectivity index (χ1n) is 10.6. The van der Waals surface area contributed by atoms with E-state index in [2.05, 4.69) is 12.2 Å². The molecule has 0 aliphatic heterocycles. The maximum Gasteiger partial charge on any atom is 0.263 e. The topological polar surface area (TPSA) is 64.0 Å². The summed E-state index contributed by atoms with van der Waals surface area (Å²) in [6.45, 7) is 4.07. The Hall–Kier alpha value is -1.34. The lowest BCUT2D eigenvalue weighted by Gasteiger charge is -2.18. The molecule has 28 heavy (non-hydrogen) atoms. The van der Waals surface area contributed by atoms with Crippen LogP contribution in [-0.2, 0) is 17.6 Å². The summed E-state index contributed by atoms with van der Waals surface area (Å²) in [5.74, 6) is 0.317. The normalized spacial score (nSPS) is 18.4. The number of nitrogens with zero attached hydrogens (tertiary/aromatic N) is 2. The molecular weight excluding hydrogens is 390 g/mol. The van der Waals surface area contributed by atoms with Crippen LogP contribution in [-0.4, -0.2) is 27.3 Å². The van der Waals surface area contributed by atoms with E-state index in [1.54, 1.807) is 11.3 Å². The van der Waals surface area contributed by atoms with Crippen molar-refractivity contribution in [2.75, 3.05) is 5.75 Å². The van der Waals surface area contributed by atoms with Crippen molar-refractivity contribution in [3.63, 3.8) is 0 Å². The summed E-state index contributed by atoms with van der Waals surface area (Å²) < 4.78 is 1.93. The van der Waals surface area contributed by atoms with Crippen molar-refractivity contribution in [1.29, 1.82) is 0 Å². The molecule has 1 saturated carbocycles. The summed E-state index contributed by atoms with van der Waals surface area (Å²) in [5, 5.41) is 4.59. The van der Waals surface area contributed by atoms with Crippen LogP contribution >= 0.6 is 23.1 Å². The monoisotopic (exact) mass is 419 g/mol. The molecule has 4 rings (SSSR count). The molecule has 2 aliphatic carbocycles. The second-order valence-electron chi connectivity index (χ2n) is 8.06. The Kier molecular flexibility index (Phi) is 6.11. The second-order valence-corrected chi connectivity index (χ2v) is 10.1. The highest BCUT2D eigenvalue weighted by Crippen LogP contribution is 2.37. The largest absolute Gasteiger partial charge is 0.353 e. The molecule has 1 amide bonds. The van der Waals surface area contributed by atoms with Gasteiger partial charge < -0.3 is 5.32 Å². The third-order valence-corrected chi connectivity index (χ3v) is 8.17. The molecule has 1 atom stereocenters. The van der Waals surface area contributed by atoms with Gasteiger partial charge in [0.05, 0.1) is 11.1 Å². The van der Waals surface area contributed by atoms with Gasteiger partial charge in [0.2, 0.25) is 5.91 Å². The Morgan fingerprint density at radius 2 is 2.04 bits per heavy atom. The molecule has 152 valence electrons. The van der Waals surface area contributed by atoms with Crippen molar-refractivity contribution in [3.05, 3.63) is 20.8 Å². The van der Waals surface area contributed by atoms with Crippen molar-refractivity contribution in [2.24, 2.45) is 0 Å². The highest BCUT2D eigenvalue weighted by molar-refractivity contribution is 7.99. The van der Waals surface area contributed by atoms with Crippen molar-refractivity contribution >= 4 is 39.2 Å². The van der Waals surface area contributed by atoms with Gasteiger partial charge in [-0.05, 0) is 57.4 Å². The van der Waals surface area contributed by atoms with Crippen LogP contribution in [0.4, 0.5) is 0 Å². The molecule has 5 nitrogen and oxygen atoms in total. The van der Waals surface area contributed by atoms with Crippen LogP contribution in [0.2, 0.25) is 0 Å². The average molecular weight is 420 g/mol. The maximum absolute atomic E-state index is 13.6. The zero-order chi connectivity index (χ0) is 19.7. The summed E-state index contributed by atoms with van der Waals surface area (Å²) in [6.07, 6.45) is 9.74. The summed E-state index contributed by atoms with van der Waals surface area (Å²) in [5.41, 5.74) is 1.38. The highest BCUT2D eigenvalue weighted by Gasteiger charge is 2.27. The van der Waals surface area contributed by atoms with E-state index in [0.717, 1.165) is 66.7 Å². The standard InChI is InChI=1S/C21H29N3O2S2/c1-3-13(2)22-17(25)12-27-21-23-19-18(15-10-6-7-11-16(15)28-19)20(26)24(21)14-8-4-5-9-14/h13-14H,3-12H2,1-2H3,(H,22,25). The summed E-state index contributed by atoms with van der Waals surface area (Å²) >= 11 is 3.11. The Morgan fingerprint density at radius 1 is 1.29 bits per heavy atom. The predicted molar refractivity (Wildman–Crippen MR) is 117 cm³/mol. The number of hydrogen-bond donors (Lipinski definition) is 1. The minimum atomic E-state index is 0.0112. The highest BCUT2D eigenvalue weighted by atomic mass is 32.2. The van der Waals surface area contributed by atoms with Gasteiger partial charge in [0, 0.05) is 17.0 Å². The molecule has 1 fully saturated rings. The zero-order valence-corrected chi connectivity index (χ0v) is 18.4. The number of carbonyl (C=O) groups excluding carboxylic acids is 1. The molecule has 2 heterocycles. The van der Waals surface area contributed by atoms with Gasteiger partial charge in [-0.3, -0.25) is 14.2 Å². The summed E-state index contributed by atoms with van der Waals surface area (Å²) in [7, 11) is 0. The van der Waals surface area contributed by atoms with Crippen LogP contribution in [0.5, 0.6) is 0 Å². The number of fused-ring (bicyclic) bond motifs is 3. The fourth-order valence-electron chi connectivity index (χ4n) is 4.33. The fraction of sp³-hybridized carbons (Fsp3) is 0.667. The van der Waals surface area contributed by atoms with E-state index >= 15 is 0 Å². The van der Waals surface area contributed by atoms with Gasteiger partial charge in [-0.1, -0.05) is 31.5 Å². The molecular formula is C21H29N3O2S2. The lowest BCUT2D eigenvalue weighted by atomic mass is 9.97. The molecule has 2 aromatic heterocycles. The van der Waals surface area contributed by atoms with E-state index in [1.165, 1.54) is 28.6 Å². The SMILES string of the molecule is CCC(C)NC(=O)CSc1nc2sc3c(c2c(=O)n1C1CCCC1)CCCC3. The molecule has 2 aromatic rings. The van der Waals surface area contributed by atoms with Crippen LogP contribution in [0.3, 0.4) is 0 Å². The first-order chi connectivity index (χ1) is 13.6. The number of thiophene rings is 1. The molecule has 1 N–H and O–H groups in total. The first-order valence-corrected chi connectivity index (χ1v) is 12.4. The molecule has 0 spiro atoms. The number of aryl methyl sites for hydroxylation is 2. The average Bonchev–Trinajstić information content (AvgIpc) is 3.33. The minimum Gasteiger partial charge on any atom is -0.353 e. The van der Waals surface area contributed by atoms with Gasteiger partial charge in [-0.25, -0.2) is 4.98 Å². The van der Waals surface area contributed by atoms with Gasteiger partial charge in [0.25, 0.3) is 5.56 Å². The van der Waals surface area contributed by atoms with Crippen LogP contribution in [0.25, 0.3) is 10.2 Å². The van der Waals surface area contributed by atoms with E-state index in [1.807, 2.05) is 11.5 Å². The Morgan fingerprint density at radius 3 is 2.79 bits per heavy atom. The Balaban J connectivity index is 1.71. The lowest BCUT2D eigenvalue weighted by molar-refractivity contribution is -0.119. The number of nitrogens with one attached hydrogen (secondary N) is 1. The van der Waals surface area contributed by atoms with Gasteiger partial charge >= 0.3 is 0 Å². The zero-order valence-electron chi connectivity index (χ0n) is 16.8. The predicted octanol–water partition coefficient (Wildman–Crippen LogP) is 4.46. The number of aromatic nitrogens is 2. The lowest BCUT2D eigenvalue weighted by Crippen LogP contribution is -2.33. The van der Waals surface area contributed by atoms with Gasteiger partial charge in [0.1, 0.15) is 4.83 Å². The number of hydrogen-bond acceptors (Lipinski definition) is 5. The van der Waals surface area contributed by atoms with E-state index in [-0.39, 0.29) is 23.6 Å². The van der Waals surface area contributed by atoms with Gasteiger partial charge in [-0.2, -0.15) is 0 Å². The van der Waals surface area contributed by atoms with Crippen LogP contribution < -0.4 is 10.9 Å². The fourth-order valence-corrected chi connectivity index (χ4v) is 6.51. The van der Waals surface area contributed by atoms with Crippen molar-refractivity contribution in [2.45, 2.75) is 88.9 Å².